The second-order valence-corrected chi connectivity index (χ2v) is 6.76. The fraction of sp³-hybridized carbons (Fsp3) is 0.429. The number of hydrogen-bond donors (Lipinski definition) is 1. The fourth-order valence-corrected chi connectivity index (χ4v) is 3.83. The third-order valence-corrected chi connectivity index (χ3v) is 5.03. The minimum absolute atomic E-state index is 0.546. The van der Waals surface area contributed by atoms with Crippen molar-refractivity contribution in [2.75, 3.05) is 6.54 Å². The van der Waals surface area contributed by atoms with E-state index < -0.39 is 0 Å². The van der Waals surface area contributed by atoms with Gasteiger partial charge in [-0.1, -0.05) is 0 Å². The Morgan fingerprint density at radius 2 is 2.32 bits per heavy atom. The van der Waals surface area contributed by atoms with E-state index in [-0.39, 0.29) is 0 Å². The second-order valence-electron chi connectivity index (χ2n) is 4.94. The van der Waals surface area contributed by atoms with Gasteiger partial charge in [-0.3, -0.25) is 0 Å². The molecule has 1 unspecified atom stereocenters. The molecule has 0 aliphatic carbocycles. The van der Waals surface area contributed by atoms with Crippen LogP contribution in [0.15, 0.2) is 22.0 Å². The molecule has 0 bridgehead atoms. The molecule has 0 radical (unpaired) electrons. The average molecular weight is 338 g/mol. The number of halogens is 1. The summed E-state index contributed by atoms with van der Waals surface area (Å²) in [6, 6.07) is 4.72. The number of nitrogens with zero attached hydrogens (tertiary/aromatic N) is 2. The molecule has 0 spiro atoms. The van der Waals surface area contributed by atoms with E-state index >= 15 is 0 Å². The predicted octanol–water partition coefficient (Wildman–Crippen LogP) is 3.57. The van der Waals surface area contributed by atoms with Gasteiger partial charge >= 0.3 is 0 Å². The van der Waals surface area contributed by atoms with Crippen molar-refractivity contribution in [1.82, 2.24) is 15.3 Å². The van der Waals surface area contributed by atoms with Crippen molar-refractivity contribution in [3.8, 4) is 10.6 Å². The van der Waals surface area contributed by atoms with Gasteiger partial charge in [0.05, 0.1) is 10.6 Å². The molecule has 100 valence electrons. The largest absolute Gasteiger partial charge is 0.314 e. The Hall–Kier alpha value is -0.780. The molecule has 3 heterocycles. The van der Waals surface area contributed by atoms with Crippen LogP contribution >= 0.6 is 27.3 Å². The van der Waals surface area contributed by atoms with E-state index in [2.05, 4.69) is 43.7 Å². The van der Waals surface area contributed by atoms with E-state index in [1.54, 1.807) is 11.3 Å². The van der Waals surface area contributed by atoms with Gasteiger partial charge in [0, 0.05) is 28.0 Å². The van der Waals surface area contributed by atoms with Crippen LogP contribution in [-0.2, 0) is 6.42 Å². The van der Waals surface area contributed by atoms with E-state index in [0.717, 1.165) is 34.7 Å². The van der Waals surface area contributed by atoms with Crippen LogP contribution in [0.3, 0.4) is 0 Å². The minimum atomic E-state index is 0.546. The number of thiophene rings is 1. The van der Waals surface area contributed by atoms with Gasteiger partial charge in [0.25, 0.3) is 0 Å². The zero-order valence-electron chi connectivity index (χ0n) is 10.8. The first kappa shape index (κ1) is 13.2. The van der Waals surface area contributed by atoms with Gasteiger partial charge in [0.2, 0.25) is 0 Å². The maximum atomic E-state index is 4.72. The summed E-state index contributed by atoms with van der Waals surface area (Å²) >= 11 is 5.20. The molecule has 0 amide bonds. The topological polar surface area (TPSA) is 37.8 Å². The highest BCUT2D eigenvalue weighted by Crippen LogP contribution is 2.29. The first-order valence-corrected chi connectivity index (χ1v) is 8.20. The molecule has 1 saturated heterocycles. The van der Waals surface area contributed by atoms with Gasteiger partial charge in [0.1, 0.15) is 5.82 Å². The Morgan fingerprint density at radius 1 is 1.42 bits per heavy atom. The summed E-state index contributed by atoms with van der Waals surface area (Å²) in [7, 11) is 0. The SMILES string of the molecule is Cc1cc(-c2cc(Br)cs2)nc(CC2CCCN2)n1. The summed E-state index contributed by atoms with van der Waals surface area (Å²) in [6.45, 7) is 3.17. The number of aryl methyl sites for hydroxylation is 1. The monoisotopic (exact) mass is 337 g/mol. The third-order valence-electron chi connectivity index (χ3n) is 3.31. The zero-order chi connectivity index (χ0) is 13.2. The molecule has 1 aliphatic heterocycles. The Bertz CT molecular complexity index is 576. The summed E-state index contributed by atoms with van der Waals surface area (Å²) < 4.78 is 1.11. The number of rotatable bonds is 3. The zero-order valence-corrected chi connectivity index (χ0v) is 13.2. The average Bonchev–Trinajstić information content (AvgIpc) is 3.00. The van der Waals surface area contributed by atoms with Gasteiger partial charge in [-0.25, -0.2) is 9.97 Å². The maximum absolute atomic E-state index is 4.72. The summed E-state index contributed by atoms with van der Waals surface area (Å²) in [6.07, 6.45) is 3.43. The molecule has 5 heteroatoms. The Morgan fingerprint density at radius 3 is 3.00 bits per heavy atom. The van der Waals surface area contributed by atoms with Crippen LogP contribution in [0.25, 0.3) is 10.6 Å². The molecule has 1 N–H and O–H groups in total. The van der Waals surface area contributed by atoms with Crippen molar-refractivity contribution in [3.63, 3.8) is 0 Å². The maximum Gasteiger partial charge on any atom is 0.130 e. The first-order chi connectivity index (χ1) is 9.20. The van der Waals surface area contributed by atoms with Crippen LogP contribution in [0.4, 0.5) is 0 Å². The van der Waals surface area contributed by atoms with Crippen molar-refractivity contribution < 1.29 is 0 Å². The molecule has 2 aromatic heterocycles. The highest BCUT2D eigenvalue weighted by Gasteiger charge is 2.16. The number of hydrogen-bond acceptors (Lipinski definition) is 4. The molecule has 1 aliphatic rings. The lowest BCUT2D eigenvalue weighted by atomic mass is 10.1. The van der Waals surface area contributed by atoms with Crippen LogP contribution in [0, 0.1) is 6.92 Å². The van der Waals surface area contributed by atoms with Gasteiger partial charge in [-0.2, -0.15) is 0 Å². The van der Waals surface area contributed by atoms with Gasteiger partial charge in [-0.15, -0.1) is 11.3 Å². The highest BCUT2D eigenvalue weighted by molar-refractivity contribution is 9.10. The molecule has 3 nitrogen and oxygen atoms in total. The smallest absolute Gasteiger partial charge is 0.130 e. The Labute approximate surface area is 125 Å². The first-order valence-electron chi connectivity index (χ1n) is 6.53. The lowest BCUT2D eigenvalue weighted by Crippen LogP contribution is -2.24. The summed E-state index contributed by atoms with van der Waals surface area (Å²) in [5.74, 6) is 0.957. The number of aromatic nitrogens is 2. The van der Waals surface area contributed by atoms with Gasteiger partial charge < -0.3 is 5.32 Å². The minimum Gasteiger partial charge on any atom is -0.314 e. The van der Waals surface area contributed by atoms with Crippen LogP contribution in [0.2, 0.25) is 0 Å². The quantitative estimate of drug-likeness (QED) is 0.930. The molecule has 0 aromatic carbocycles. The molecule has 2 aromatic rings. The number of nitrogens with one attached hydrogen (secondary N) is 1. The van der Waals surface area contributed by atoms with Crippen molar-refractivity contribution in [2.24, 2.45) is 0 Å². The van der Waals surface area contributed by atoms with Crippen LogP contribution in [-0.4, -0.2) is 22.6 Å². The molecular weight excluding hydrogens is 322 g/mol. The third kappa shape index (κ3) is 3.22. The van der Waals surface area contributed by atoms with E-state index in [1.165, 1.54) is 17.7 Å². The van der Waals surface area contributed by atoms with Crippen LogP contribution in [0.5, 0.6) is 0 Å². The van der Waals surface area contributed by atoms with E-state index in [9.17, 15) is 0 Å². The standard InChI is InChI=1S/C14H16BrN3S/c1-9-5-12(13-6-10(15)8-19-13)18-14(17-9)7-11-3-2-4-16-11/h5-6,8,11,16H,2-4,7H2,1H3. The van der Waals surface area contributed by atoms with Crippen molar-refractivity contribution in [3.05, 3.63) is 33.5 Å². The summed E-state index contributed by atoms with van der Waals surface area (Å²) in [4.78, 5) is 10.5. The van der Waals surface area contributed by atoms with E-state index in [4.69, 9.17) is 4.98 Å². The lowest BCUT2D eigenvalue weighted by Gasteiger charge is -2.10. The summed E-state index contributed by atoms with van der Waals surface area (Å²) in [5.41, 5.74) is 2.08. The van der Waals surface area contributed by atoms with Gasteiger partial charge in [0.15, 0.2) is 0 Å². The Kier molecular flexibility index (Phi) is 3.96. The predicted molar refractivity (Wildman–Crippen MR) is 82.5 cm³/mol. The molecule has 3 rings (SSSR count). The van der Waals surface area contributed by atoms with E-state index in [0.29, 0.717) is 6.04 Å². The molecule has 0 saturated carbocycles. The fourth-order valence-electron chi connectivity index (χ4n) is 2.45. The van der Waals surface area contributed by atoms with Crippen molar-refractivity contribution in [2.45, 2.75) is 32.2 Å². The molecule has 1 atom stereocenters. The van der Waals surface area contributed by atoms with Crippen molar-refractivity contribution >= 4 is 27.3 Å². The molecule has 19 heavy (non-hydrogen) atoms. The highest BCUT2D eigenvalue weighted by atomic mass is 79.9. The van der Waals surface area contributed by atoms with E-state index in [1.807, 2.05) is 6.92 Å². The summed E-state index contributed by atoms with van der Waals surface area (Å²) in [5, 5.41) is 5.59. The second kappa shape index (κ2) is 5.69. The van der Waals surface area contributed by atoms with Gasteiger partial charge in [-0.05, 0) is 54.4 Å². The van der Waals surface area contributed by atoms with Crippen molar-refractivity contribution in [1.29, 1.82) is 0 Å². The lowest BCUT2D eigenvalue weighted by molar-refractivity contribution is 0.584. The van der Waals surface area contributed by atoms with Crippen LogP contribution in [0.1, 0.15) is 24.4 Å². The molecule has 1 fully saturated rings. The normalized spacial score (nSPS) is 18.9. The van der Waals surface area contributed by atoms with Crippen LogP contribution < -0.4 is 5.32 Å². The Balaban J connectivity index is 1.87. The molecular formula is C14H16BrN3S.